The van der Waals surface area contributed by atoms with Gasteiger partial charge in [0.2, 0.25) is 0 Å². The summed E-state index contributed by atoms with van der Waals surface area (Å²) in [7, 11) is 3.05. The number of halogens is 6. The SMILES string of the molecule is CS(O)(O)c1cccc(-n2cc(-c3ccccc3)nc2SCc2ccc(C(F)(F)F)cc2)c1.[B]c1cccc(-n2cc(-c3ccccc3)nc2SCc2ccc(C(F)(F)F)cc2)c1. The van der Waals surface area contributed by atoms with Gasteiger partial charge in [-0.2, -0.15) is 36.9 Å². The van der Waals surface area contributed by atoms with Gasteiger partial charge < -0.3 is 0 Å². The van der Waals surface area contributed by atoms with Gasteiger partial charge in [0.25, 0.3) is 0 Å². The van der Waals surface area contributed by atoms with Crippen LogP contribution in [0.5, 0.6) is 0 Å². The average Bonchev–Trinajstić information content (AvgIpc) is 3.91. The minimum absolute atomic E-state index is 0.411. The van der Waals surface area contributed by atoms with Crippen LogP contribution in [0.1, 0.15) is 22.3 Å². The zero-order valence-electron chi connectivity index (χ0n) is 33.3. The zero-order valence-corrected chi connectivity index (χ0v) is 35.8. The van der Waals surface area contributed by atoms with E-state index >= 15 is 0 Å². The van der Waals surface area contributed by atoms with E-state index in [0.29, 0.717) is 32.7 Å². The molecule has 0 spiro atoms. The predicted octanol–water partition coefficient (Wildman–Crippen LogP) is 13.2. The fourth-order valence-corrected chi connectivity index (χ4v) is 8.80. The monoisotopic (exact) mass is 910 g/mol. The number of benzene rings is 6. The van der Waals surface area contributed by atoms with Gasteiger partial charge in [-0.25, -0.2) is 9.97 Å². The molecule has 16 heteroatoms. The fourth-order valence-electron chi connectivity index (χ4n) is 6.22. The molecule has 0 aliphatic rings. The molecule has 6 aromatic carbocycles. The second kappa shape index (κ2) is 19.4. The largest absolute Gasteiger partial charge is 0.416 e. The standard InChI is InChI=1S/C24H21F3N2O2S2.C23H16BF3N2S/c1-33(30,31)21-9-5-8-20(14-21)29-15-22(18-6-3-2-4-7-18)28-23(29)32-16-17-10-12-19(13-11-17)24(25,26)27;24-19-7-4-8-20(13-19)29-14-21(17-5-2-1-3-6-17)28-22(29)30-15-16-9-11-18(12-10-16)23(25,26)27/h2-15,30-31H,16H2,1H3;1-14H,15H2. The van der Waals surface area contributed by atoms with E-state index < -0.39 is 34.1 Å². The lowest BCUT2D eigenvalue weighted by molar-refractivity contribution is -0.138. The third kappa shape index (κ3) is 11.9. The lowest BCUT2D eigenvalue weighted by atomic mass is 9.96. The Balaban J connectivity index is 0.000000190. The molecule has 8 aromatic rings. The summed E-state index contributed by atoms with van der Waals surface area (Å²) >= 11 is 2.85. The first kappa shape index (κ1) is 45.4. The molecular weight excluding hydrogens is 874 g/mol. The van der Waals surface area contributed by atoms with Crippen molar-refractivity contribution in [3.05, 3.63) is 192 Å². The van der Waals surface area contributed by atoms with Crippen molar-refractivity contribution >= 4 is 47.4 Å². The molecule has 6 nitrogen and oxygen atoms in total. The number of thioether (sulfide) groups is 2. The van der Waals surface area contributed by atoms with Crippen molar-refractivity contribution in [3.63, 3.8) is 0 Å². The minimum Gasteiger partial charge on any atom is -0.295 e. The molecule has 0 saturated heterocycles. The quantitative estimate of drug-likeness (QED) is 0.0765. The van der Waals surface area contributed by atoms with Crippen LogP contribution in [-0.2, 0) is 23.9 Å². The van der Waals surface area contributed by atoms with Crippen LogP contribution in [0, 0.1) is 0 Å². The summed E-state index contributed by atoms with van der Waals surface area (Å²) < 4.78 is 101. The van der Waals surface area contributed by atoms with E-state index in [9.17, 15) is 35.4 Å². The van der Waals surface area contributed by atoms with Gasteiger partial charge in [0.05, 0.1) is 27.4 Å². The zero-order chi connectivity index (χ0) is 44.8. The van der Waals surface area contributed by atoms with Crippen LogP contribution in [-0.4, -0.2) is 42.3 Å². The Morgan fingerprint density at radius 1 is 0.540 bits per heavy atom. The van der Waals surface area contributed by atoms with Crippen molar-refractivity contribution < 1.29 is 35.4 Å². The van der Waals surface area contributed by atoms with Crippen LogP contribution >= 0.6 is 34.1 Å². The number of nitrogens with zero attached hydrogens (tertiary/aromatic N) is 4. The third-order valence-electron chi connectivity index (χ3n) is 9.48. The van der Waals surface area contributed by atoms with Gasteiger partial charge in [0.15, 0.2) is 10.3 Å². The Kier molecular flexibility index (Phi) is 14.0. The lowest BCUT2D eigenvalue weighted by Gasteiger charge is -2.27. The van der Waals surface area contributed by atoms with Crippen molar-refractivity contribution in [2.45, 2.75) is 39.1 Å². The molecule has 0 aliphatic heterocycles. The summed E-state index contributed by atoms with van der Waals surface area (Å²) in [5.74, 6) is 0.914. The Hall–Kier alpha value is -5.65. The Bertz CT molecular complexity index is 2760. The molecule has 2 radical (unpaired) electrons. The number of hydrogen-bond acceptors (Lipinski definition) is 6. The second-order valence-electron chi connectivity index (χ2n) is 14.2. The molecule has 0 saturated carbocycles. The van der Waals surface area contributed by atoms with Crippen LogP contribution < -0.4 is 5.46 Å². The highest BCUT2D eigenvalue weighted by Crippen LogP contribution is 2.45. The summed E-state index contributed by atoms with van der Waals surface area (Å²) in [5.41, 5.74) is 5.87. The highest BCUT2D eigenvalue weighted by Gasteiger charge is 2.31. The van der Waals surface area contributed by atoms with E-state index in [1.54, 1.807) is 18.2 Å². The molecular formula is C47H37BF6N4O2S3. The highest BCUT2D eigenvalue weighted by atomic mass is 32.3. The summed E-state index contributed by atoms with van der Waals surface area (Å²) in [4.78, 5) is 9.92. The van der Waals surface area contributed by atoms with Crippen molar-refractivity contribution in [1.82, 2.24) is 19.1 Å². The summed E-state index contributed by atoms with van der Waals surface area (Å²) in [6.45, 7) is 0. The van der Waals surface area contributed by atoms with Crippen LogP contribution in [0.3, 0.4) is 0 Å². The molecule has 2 aromatic heterocycles. The van der Waals surface area contributed by atoms with E-state index in [1.165, 1.54) is 54.0 Å². The molecule has 0 bridgehead atoms. The predicted molar refractivity (Wildman–Crippen MR) is 242 cm³/mol. The van der Waals surface area contributed by atoms with Gasteiger partial charge >= 0.3 is 12.4 Å². The van der Waals surface area contributed by atoms with E-state index in [4.69, 9.17) is 17.8 Å². The van der Waals surface area contributed by atoms with Crippen LogP contribution in [0.25, 0.3) is 33.9 Å². The van der Waals surface area contributed by atoms with Gasteiger partial charge in [-0.1, -0.05) is 132 Å². The maximum absolute atomic E-state index is 12.8. The number of aromatic nitrogens is 4. The van der Waals surface area contributed by atoms with Gasteiger partial charge in [-0.15, -0.1) is 0 Å². The van der Waals surface area contributed by atoms with Gasteiger partial charge in [0.1, 0.15) is 7.85 Å². The number of imidazole rings is 2. The lowest BCUT2D eigenvalue weighted by Crippen LogP contribution is -2.05. The summed E-state index contributed by atoms with van der Waals surface area (Å²) in [6.07, 6.45) is -3.52. The van der Waals surface area contributed by atoms with Gasteiger partial charge in [-0.3, -0.25) is 18.2 Å². The summed E-state index contributed by atoms with van der Waals surface area (Å²) in [6, 6.07) is 44.2. The second-order valence-corrected chi connectivity index (χ2v) is 18.2. The third-order valence-corrected chi connectivity index (χ3v) is 12.7. The van der Waals surface area contributed by atoms with Crippen molar-refractivity contribution in [2.75, 3.05) is 6.26 Å². The van der Waals surface area contributed by atoms with E-state index in [1.807, 2.05) is 113 Å². The number of rotatable bonds is 11. The number of alkyl halides is 6. The molecule has 0 atom stereocenters. The molecule has 63 heavy (non-hydrogen) atoms. The Morgan fingerprint density at radius 3 is 1.35 bits per heavy atom. The molecule has 2 heterocycles. The fraction of sp³-hybridized carbons (Fsp3) is 0.106. The van der Waals surface area contributed by atoms with Crippen LogP contribution in [0.2, 0.25) is 0 Å². The van der Waals surface area contributed by atoms with Crippen LogP contribution in [0.4, 0.5) is 26.3 Å². The highest BCUT2D eigenvalue weighted by molar-refractivity contribution is 8.23. The van der Waals surface area contributed by atoms with E-state index in [-0.39, 0.29) is 0 Å². The maximum atomic E-state index is 12.8. The molecule has 320 valence electrons. The van der Waals surface area contributed by atoms with Crippen molar-refractivity contribution in [2.24, 2.45) is 0 Å². The minimum atomic E-state index is -4.37. The smallest absolute Gasteiger partial charge is 0.295 e. The topological polar surface area (TPSA) is 76.1 Å². The molecule has 0 unspecified atom stereocenters. The first-order valence-corrected chi connectivity index (χ1v) is 23.0. The molecule has 0 amide bonds. The Morgan fingerprint density at radius 2 is 0.952 bits per heavy atom. The number of hydrogen-bond donors (Lipinski definition) is 2. The van der Waals surface area contributed by atoms with Crippen molar-refractivity contribution in [1.29, 1.82) is 0 Å². The average molecular weight is 911 g/mol. The maximum Gasteiger partial charge on any atom is 0.416 e. The Labute approximate surface area is 371 Å². The molecule has 0 aliphatic carbocycles. The first-order valence-electron chi connectivity index (χ1n) is 19.1. The first-order chi connectivity index (χ1) is 30.0. The van der Waals surface area contributed by atoms with Crippen molar-refractivity contribution in [3.8, 4) is 33.9 Å². The normalized spacial score (nSPS) is 12.1. The van der Waals surface area contributed by atoms with Gasteiger partial charge in [-0.05, 0) is 65.7 Å². The molecule has 2 N–H and O–H groups in total. The van der Waals surface area contributed by atoms with Crippen LogP contribution in [0.15, 0.2) is 185 Å². The van der Waals surface area contributed by atoms with Gasteiger partial charge in [0, 0.05) is 52.7 Å². The molecule has 8 rings (SSSR count). The van der Waals surface area contributed by atoms with E-state index in [0.717, 1.165) is 68.8 Å². The molecule has 0 fully saturated rings. The summed E-state index contributed by atoms with van der Waals surface area (Å²) in [5, 5.41) is 1.37. The van der Waals surface area contributed by atoms with E-state index in [2.05, 4.69) is 0 Å².